The monoisotopic (exact) mass is 165 g/mol. The number of aryl methyl sites for hydroxylation is 1. The van der Waals surface area contributed by atoms with E-state index in [1.165, 1.54) is 0 Å². The zero-order chi connectivity index (χ0) is 8.97. The molecule has 0 bridgehead atoms. The van der Waals surface area contributed by atoms with E-state index >= 15 is 0 Å². The van der Waals surface area contributed by atoms with Crippen LogP contribution >= 0.6 is 0 Å². The second-order valence-corrected chi connectivity index (χ2v) is 3.01. The van der Waals surface area contributed by atoms with Gasteiger partial charge in [-0.3, -0.25) is 9.97 Å². The molecule has 66 valence electrons. The molecule has 3 nitrogen and oxygen atoms in total. The lowest BCUT2D eigenvalue weighted by Crippen LogP contribution is -2.07. The Morgan fingerprint density at radius 3 is 2.67 bits per heavy atom. The maximum atomic E-state index is 5.47. The summed E-state index contributed by atoms with van der Waals surface area (Å²) in [4.78, 5) is 8.46. The lowest BCUT2D eigenvalue weighted by Gasteiger charge is -2.10. The first-order valence-corrected chi connectivity index (χ1v) is 4.23. The van der Waals surface area contributed by atoms with E-state index < -0.39 is 0 Å². The molecular formula is C9H15N3. The highest BCUT2D eigenvalue weighted by Gasteiger charge is 2.08. The molecular weight excluding hydrogens is 150 g/mol. The van der Waals surface area contributed by atoms with Crippen molar-refractivity contribution in [2.24, 2.45) is 5.73 Å². The molecule has 1 unspecified atom stereocenters. The van der Waals surface area contributed by atoms with Crippen LogP contribution in [0.25, 0.3) is 0 Å². The van der Waals surface area contributed by atoms with Crippen LogP contribution in [0.1, 0.15) is 30.7 Å². The Kier molecular flexibility index (Phi) is 3.17. The predicted octanol–water partition coefficient (Wildman–Crippen LogP) is 1.24. The van der Waals surface area contributed by atoms with Crippen molar-refractivity contribution < 1.29 is 0 Å². The maximum Gasteiger partial charge on any atom is 0.0644 e. The van der Waals surface area contributed by atoms with E-state index in [0.717, 1.165) is 17.8 Å². The summed E-state index contributed by atoms with van der Waals surface area (Å²) in [5.74, 6) is 0.420. The number of hydrogen-bond acceptors (Lipinski definition) is 3. The molecule has 2 N–H and O–H groups in total. The normalized spacial score (nSPS) is 12.9. The predicted molar refractivity (Wildman–Crippen MR) is 48.9 cm³/mol. The van der Waals surface area contributed by atoms with Gasteiger partial charge in [0.2, 0.25) is 0 Å². The fraction of sp³-hybridized carbons (Fsp3) is 0.556. The van der Waals surface area contributed by atoms with Crippen molar-refractivity contribution in [3.8, 4) is 0 Å². The van der Waals surface area contributed by atoms with Crippen molar-refractivity contribution in [3.63, 3.8) is 0 Å². The van der Waals surface area contributed by atoms with E-state index in [1.807, 2.05) is 6.92 Å². The van der Waals surface area contributed by atoms with E-state index in [9.17, 15) is 0 Å². The lowest BCUT2D eigenvalue weighted by atomic mass is 10.0. The lowest BCUT2D eigenvalue weighted by molar-refractivity contribution is 0.660. The van der Waals surface area contributed by atoms with Gasteiger partial charge in [0.25, 0.3) is 0 Å². The molecule has 0 radical (unpaired) electrons. The van der Waals surface area contributed by atoms with Crippen LogP contribution in [0.15, 0.2) is 12.4 Å². The van der Waals surface area contributed by atoms with Crippen LogP contribution in [0.5, 0.6) is 0 Å². The quantitative estimate of drug-likeness (QED) is 0.733. The van der Waals surface area contributed by atoms with Gasteiger partial charge in [-0.2, -0.15) is 0 Å². The number of hydrogen-bond donors (Lipinski definition) is 1. The maximum absolute atomic E-state index is 5.47. The summed E-state index contributed by atoms with van der Waals surface area (Å²) < 4.78 is 0. The third kappa shape index (κ3) is 2.01. The van der Waals surface area contributed by atoms with Gasteiger partial charge in [0.1, 0.15) is 0 Å². The van der Waals surface area contributed by atoms with Crippen LogP contribution in [0.2, 0.25) is 0 Å². The van der Waals surface area contributed by atoms with E-state index in [-0.39, 0.29) is 0 Å². The zero-order valence-corrected chi connectivity index (χ0v) is 7.62. The van der Waals surface area contributed by atoms with Gasteiger partial charge in [0.15, 0.2) is 0 Å². The molecule has 0 aliphatic carbocycles. The Morgan fingerprint density at radius 1 is 1.42 bits per heavy atom. The minimum Gasteiger partial charge on any atom is -0.330 e. The Balaban J connectivity index is 2.79. The Labute approximate surface area is 73.0 Å². The molecule has 12 heavy (non-hydrogen) atoms. The average molecular weight is 165 g/mol. The minimum atomic E-state index is 0.420. The summed E-state index contributed by atoms with van der Waals surface area (Å²) in [6, 6.07) is 0. The third-order valence-electron chi connectivity index (χ3n) is 1.99. The van der Waals surface area contributed by atoms with Crippen molar-refractivity contribution >= 4 is 0 Å². The molecule has 1 rings (SSSR count). The molecule has 1 atom stereocenters. The first-order valence-electron chi connectivity index (χ1n) is 4.23. The minimum absolute atomic E-state index is 0.420. The van der Waals surface area contributed by atoms with Crippen LogP contribution in [0.4, 0.5) is 0 Å². The number of aromatic nitrogens is 2. The van der Waals surface area contributed by atoms with Crippen molar-refractivity contribution in [1.82, 2.24) is 9.97 Å². The fourth-order valence-corrected chi connectivity index (χ4v) is 1.29. The van der Waals surface area contributed by atoms with Crippen molar-refractivity contribution in [2.45, 2.75) is 26.2 Å². The Morgan fingerprint density at radius 2 is 2.08 bits per heavy atom. The summed E-state index contributed by atoms with van der Waals surface area (Å²) in [5.41, 5.74) is 7.55. The van der Waals surface area contributed by atoms with Gasteiger partial charge in [-0.25, -0.2) is 0 Å². The van der Waals surface area contributed by atoms with E-state index in [4.69, 9.17) is 5.73 Å². The summed E-state index contributed by atoms with van der Waals surface area (Å²) in [7, 11) is 0. The fourth-order valence-electron chi connectivity index (χ4n) is 1.29. The van der Waals surface area contributed by atoms with E-state index in [2.05, 4.69) is 16.9 Å². The molecule has 0 aliphatic heterocycles. The van der Waals surface area contributed by atoms with Gasteiger partial charge < -0.3 is 5.73 Å². The highest BCUT2D eigenvalue weighted by atomic mass is 14.8. The molecule has 1 aromatic heterocycles. The Bertz CT molecular complexity index is 247. The third-order valence-corrected chi connectivity index (χ3v) is 1.99. The second kappa shape index (κ2) is 4.16. The number of nitrogens with two attached hydrogens (primary N) is 1. The smallest absolute Gasteiger partial charge is 0.0644 e. The molecule has 0 fully saturated rings. The van der Waals surface area contributed by atoms with Crippen LogP contribution < -0.4 is 5.73 Å². The van der Waals surface area contributed by atoms with Crippen LogP contribution in [0.3, 0.4) is 0 Å². The van der Waals surface area contributed by atoms with Crippen molar-refractivity contribution in [3.05, 3.63) is 23.8 Å². The first kappa shape index (κ1) is 9.13. The summed E-state index contributed by atoms with van der Waals surface area (Å²) in [6.07, 6.45) is 4.42. The van der Waals surface area contributed by atoms with Crippen LogP contribution in [-0.2, 0) is 0 Å². The highest BCUT2D eigenvalue weighted by Crippen LogP contribution is 2.17. The first-order chi connectivity index (χ1) is 5.75. The van der Waals surface area contributed by atoms with Crippen molar-refractivity contribution in [2.75, 3.05) is 6.54 Å². The van der Waals surface area contributed by atoms with Gasteiger partial charge in [0.05, 0.1) is 11.4 Å². The van der Waals surface area contributed by atoms with Gasteiger partial charge in [-0.1, -0.05) is 6.92 Å². The van der Waals surface area contributed by atoms with Crippen LogP contribution in [0, 0.1) is 6.92 Å². The SMILES string of the molecule is Cc1nccnc1C(C)CCN. The number of rotatable bonds is 3. The summed E-state index contributed by atoms with van der Waals surface area (Å²) in [6.45, 7) is 4.82. The molecule has 0 saturated heterocycles. The van der Waals surface area contributed by atoms with E-state index in [0.29, 0.717) is 12.5 Å². The molecule has 3 heteroatoms. The summed E-state index contributed by atoms with van der Waals surface area (Å²) >= 11 is 0. The van der Waals surface area contributed by atoms with Gasteiger partial charge in [0, 0.05) is 18.3 Å². The summed E-state index contributed by atoms with van der Waals surface area (Å²) in [5, 5.41) is 0. The molecule has 0 aromatic carbocycles. The van der Waals surface area contributed by atoms with E-state index in [1.54, 1.807) is 12.4 Å². The molecule has 1 heterocycles. The Hall–Kier alpha value is -0.960. The topological polar surface area (TPSA) is 51.8 Å². The molecule has 0 aliphatic rings. The largest absolute Gasteiger partial charge is 0.330 e. The van der Waals surface area contributed by atoms with Gasteiger partial charge in [-0.05, 0) is 19.9 Å². The number of nitrogens with zero attached hydrogens (tertiary/aromatic N) is 2. The zero-order valence-electron chi connectivity index (χ0n) is 7.62. The average Bonchev–Trinajstić information content (AvgIpc) is 2.05. The molecule has 0 spiro atoms. The van der Waals surface area contributed by atoms with Gasteiger partial charge >= 0.3 is 0 Å². The second-order valence-electron chi connectivity index (χ2n) is 3.01. The molecule has 0 saturated carbocycles. The van der Waals surface area contributed by atoms with Crippen molar-refractivity contribution in [1.29, 1.82) is 0 Å². The highest BCUT2D eigenvalue weighted by molar-refractivity contribution is 5.12. The molecule has 0 amide bonds. The standard InChI is InChI=1S/C9H15N3/c1-7(3-4-10)9-8(2)11-5-6-12-9/h5-7H,3-4,10H2,1-2H3. The van der Waals surface area contributed by atoms with Gasteiger partial charge in [-0.15, -0.1) is 0 Å². The van der Waals surface area contributed by atoms with Crippen LogP contribution in [-0.4, -0.2) is 16.5 Å². The molecule has 1 aromatic rings.